The molecular weight excluding hydrogens is 198 g/mol. The summed E-state index contributed by atoms with van der Waals surface area (Å²) in [4.78, 5) is 0.183. The van der Waals surface area contributed by atoms with Gasteiger partial charge < -0.3 is 0 Å². The van der Waals surface area contributed by atoms with Gasteiger partial charge in [-0.2, -0.15) is 0 Å². The maximum atomic E-state index is 11.1. The van der Waals surface area contributed by atoms with Gasteiger partial charge in [0, 0.05) is 0 Å². The van der Waals surface area contributed by atoms with Gasteiger partial charge in [0.2, 0.25) is 10.0 Å². The first-order valence-corrected chi connectivity index (χ1v) is 5.94. The lowest BCUT2D eigenvalue weighted by atomic mass is 9.98. The fraction of sp³-hybridized carbons (Fsp3) is 0.200. The van der Waals surface area contributed by atoms with E-state index in [0.29, 0.717) is 0 Å². The molecule has 0 atom stereocenters. The van der Waals surface area contributed by atoms with Crippen LogP contribution in [0.5, 0.6) is 0 Å². The Morgan fingerprint density at radius 3 is 2.79 bits per heavy atom. The van der Waals surface area contributed by atoms with Gasteiger partial charge in [0.25, 0.3) is 0 Å². The van der Waals surface area contributed by atoms with Crippen molar-refractivity contribution in [3.63, 3.8) is 0 Å². The molecule has 0 saturated carbocycles. The Balaban J connectivity index is 2.56. The minimum atomic E-state index is -3.57. The molecule has 0 fully saturated rings. The lowest BCUT2D eigenvalue weighted by molar-refractivity contribution is 0.597. The van der Waals surface area contributed by atoms with Gasteiger partial charge in [0.05, 0.1) is 4.90 Å². The average molecular weight is 209 g/mol. The van der Waals surface area contributed by atoms with E-state index in [9.17, 15) is 8.42 Å². The first kappa shape index (κ1) is 9.43. The number of aryl methyl sites for hydroxylation is 1. The van der Waals surface area contributed by atoms with Crippen molar-refractivity contribution in [1.82, 2.24) is 0 Å². The SMILES string of the molecule is NS(=O)(=O)c1ccc2c(c1)C=CCC2. The van der Waals surface area contributed by atoms with E-state index in [1.165, 1.54) is 5.56 Å². The summed E-state index contributed by atoms with van der Waals surface area (Å²) in [6.07, 6.45) is 5.96. The van der Waals surface area contributed by atoms with Gasteiger partial charge in [-0.1, -0.05) is 18.2 Å². The number of allylic oxidation sites excluding steroid dienone is 1. The third-order valence-corrected chi connectivity index (χ3v) is 3.23. The highest BCUT2D eigenvalue weighted by molar-refractivity contribution is 7.89. The number of sulfonamides is 1. The van der Waals surface area contributed by atoms with Crippen LogP contribution in [0.15, 0.2) is 29.2 Å². The predicted molar refractivity (Wildman–Crippen MR) is 55.2 cm³/mol. The van der Waals surface area contributed by atoms with Crippen molar-refractivity contribution < 1.29 is 8.42 Å². The zero-order chi connectivity index (χ0) is 10.2. The van der Waals surface area contributed by atoms with Crippen molar-refractivity contribution in [3.8, 4) is 0 Å². The summed E-state index contributed by atoms with van der Waals surface area (Å²) in [5.74, 6) is 0. The number of hydrogen-bond donors (Lipinski definition) is 1. The molecule has 0 aromatic heterocycles. The van der Waals surface area contributed by atoms with E-state index >= 15 is 0 Å². The van der Waals surface area contributed by atoms with E-state index in [1.54, 1.807) is 12.1 Å². The van der Waals surface area contributed by atoms with Crippen LogP contribution >= 0.6 is 0 Å². The van der Waals surface area contributed by atoms with Crippen molar-refractivity contribution in [2.75, 3.05) is 0 Å². The Kier molecular flexibility index (Phi) is 2.17. The monoisotopic (exact) mass is 209 g/mol. The van der Waals surface area contributed by atoms with Gasteiger partial charge >= 0.3 is 0 Å². The maximum absolute atomic E-state index is 11.1. The van der Waals surface area contributed by atoms with Crippen LogP contribution in [0, 0.1) is 0 Å². The number of primary sulfonamides is 1. The largest absolute Gasteiger partial charge is 0.238 e. The second kappa shape index (κ2) is 3.22. The van der Waals surface area contributed by atoms with E-state index in [1.807, 2.05) is 18.2 Å². The maximum Gasteiger partial charge on any atom is 0.238 e. The second-order valence-corrected chi connectivity index (χ2v) is 4.91. The Hall–Kier alpha value is -1.13. The molecule has 0 amide bonds. The Morgan fingerprint density at radius 2 is 2.07 bits per heavy atom. The molecule has 3 nitrogen and oxygen atoms in total. The van der Waals surface area contributed by atoms with Crippen LogP contribution in [0.3, 0.4) is 0 Å². The number of hydrogen-bond acceptors (Lipinski definition) is 2. The van der Waals surface area contributed by atoms with E-state index in [-0.39, 0.29) is 4.90 Å². The van der Waals surface area contributed by atoms with E-state index < -0.39 is 10.0 Å². The summed E-state index contributed by atoms with van der Waals surface area (Å²) in [6, 6.07) is 5.02. The van der Waals surface area contributed by atoms with Crippen LogP contribution in [0.25, 0.3) is 6.08 Å². The first-order valence-electron chi connectivity index (χ1n) is 4.40. The highest BCUT2D eigenvalue weighted by Crippen LogP contribution is 2.21. The Labute approximate surface area is 83.3 Å². The van der Waals surface area contributed by atoms with Crippen LogP contribution in [0.2, 0.25) is 0 Å². The predicted octanol–water partition coefficient (Wildman–Crippen LogP) is 1.29. The molecule has 74 valence electrons. The molecule has 0 saturated heterocycles. The normalized spacial score (nSPS) is 15.2. The van der Waals surface area contributed by atoms with Gasteiger partial charge in [-0.15, -0.1) is 0 Å². The molecule has 1 aromatic rings. The van der Waals surface area contributed by atoms with Gasteiger partial charge in [-0.3, -0.25) is 0 Å². The lowest BCUT2D eigenvalue weighted by Crippen LogP contribution is -2.12. The minimum absolute atomic E-state index is 0.183. The van der Waals surface area contributed by atoms with Crippen LogP contribution in [0.4, 0.5) is 0 Å². The van der Waals surface area contributed by atoms with Crippen molar-refractivity contribution in [3.05, 3.63) is 35.4 Å². The molecule has 0 unspecified atom stereocenters. The van der Waals surface area contributed by atoms with Crippen molar-refractivity contribution >= 4 is 16.1 Å². The number of fused-ring (bicyclic) bond motifs is 1. The molecular formula is C10H11NO2S. The summed E-state index contributed by atoms with van der Waals surface area (Å²) in [5.41, 5.74) is 2.14. The van der Waals surface area contributed by atoms with Crippen LogP contribution < -0.4 is 5.14 Å². The first-order chi connectivity index (χ1) is 6.57. The van der Waals surface area contributed by atoms with Crippen molar-refractivity contribution in [1.29, 1.82) is 0 Å². The van der Waals surface area contributed by atoms with Gasteiger partial charge in [0.1, 0.15) is 0 Å². The second-order valence-electron chi connectivity index (χ2n) is 3.35. The summed E-state index contributed by atoms with van der Waals surface area (Å²) in [6.45, 7) is 0. The summed E-state index contributed by atoms with van der Waals surface area (Å²) >= 11 is 0. The number of nitrogens with two attached hydrogens (primary N) is 1. The fourth-order valence-corrected chi connectivity index (χ4v) is 2.13. The molecule has 0 radical (unpaired) electrons. The summed E-state index contributed by atoms with van der Waals surface area (Å²) < 4.78 is 22.1. The molecule has 2 N–H and O–H groups in total. The van der Waals surface area contributed by atoms with Crippen LogP contribution in [-0.2, 0) is 16.4 Å². The van der Waals surface area contributed by atoms with E-state index in [2.05, 4.69) is 0 Å². The Bertz CT molecular complexity index is 489. The average Bonchev–Trinajstić information content (AvgIpc) is 2.16. The van der Waals surface area contributed by atoms with E-state index in [0.717, 1.165) is 18.4 Å². The molecule has 0 spiro atoms. The van der Waals surface area contributed by atoms with Gasteiger partial charge in [0.15, 0.2) is 0 Å². The third kappa shape index (κ3) is 1.71. The molecule has 1 aliphatic rings. The van der Waals surface area contributed by atoms with Gasteiger partial charge in [-0.05, 0) is 36.1 Å². The number of benzene rings is 1. The third-order valence-electron chi connectivity index (χ3n) is 2.32. The van der Waals surface area contributed by atoms with Crippen molar-refractivity contribution in [2.24, 2.45) is 5.14 Å². The van der Waals surface area contributed by atoms with Gasteiger partial charge in [-0.25, -0.2) is 13.6 Å². The zero-order valence-electron chi connectivity index (χ0n) is 7.60. The van der Waals surface area contributed by atoms with Crippen LogP contribution in [-0.4, -0.2) is 8.42 Å². The molecule has 2 rings (SSSR count). The van der Waals surface area contributed by atoms with Crippen LogP contribution in [0.1, 0.15) is 17.5 Å². The highest BCUT2D eigenvalue weighted by Gasteiger charge is 2.11. The zero-order valence-corrected chi connectivity index (χ0v) is 8.42. The quantitative estimate of drug-likeness (QED) is 0.757. The minimum Gasteiger partial charge on any atom is -0.225 e. The molecule has 0 aliphatic heterocycles. The van der Waals surface area contributed by atoms with E-state index in [4.69, 9.17) is 5.14 Å². The molecule has 0 bridgehead atoms. The molecule has 0 heterocycles. The highest BCUT2D eigenvalue weighted by atomic mass is 32.2. The topological polar surface area (TPSA) is 60.2 Å². The summed E-state index contributed by atoms with van der Waals surface area (Å²) in [7, 11) is -3.57. The number of rotatable bonds is 1. The summed E-state index contributed by atoms with van der Waals surface area (Å²) in [5, 5.41) is 5.04. The molecule has 1 aliphatic carbocycles. The molecule has 1 aromatic carbocycles. The van der Waals surface area contributed by atoms with Crippen molar-refractivity contribution in [2.45, 2.75) is 17.7 Å². The fourth-order valence-electron chi connectivity index (χ4n) is 1.58. The standard InChI is InChI=1S/C10H11NO2S/c11-14(12,13)10-6-5-8-3-1-2-4-9(8)7-10/h2,4-7H,1,3H2,(H2,11,12,13). The lowest BCUT2D eigenvalue weighted by Gasteiger charge is -2.10. The molecule has 14 heavy (non-hydrogen) atoms. The smallest absolute Gasteiger partial charge is 0.225 e. The molecule has 4 heteroatoms. The Morgan fingerprint density at radius 1 is 1.29 bits per heavy atom.